The summed E-state index contributed by atoms with van der Waals surface area (Å²) in [6, 6.07) is 7.85. The number of hydrogen-bond acceptors (Lipinski definition) is 3. The maximum atomic E-state index is 9.70. The van der Waals surface area contributed by atoms with E-state index in [0.717, 1.165) is 12.0 Å². The smallest absolute Gasteiger partial charge is 0.0962 e. The van der Waals surface area contributed by atoms with Gasteiger partial charge in [-0.05, 0) is 17.5 Å². The number of hydrazine groups is 1. The van der Waals surface area contributed by atoms with Crippen LogP contribution in [0.5, 0.6) is 0 Å². The van der Waals surface area contributed by atoms with Crippen LogP contribution < -0.4 is 11.3 Å². The average molecular weight is 164 g/mol. The van der Waals surface area contributed by atoms with E-state index in [1.54, 1.807) is 0 Å². The van der Waals surface area contributed by atoms with E-state index in [1.807, 2.05) is 24.3 Å². The summed E-state index contributed by atoms with van der Waals surface area (Å²) in [4.78, 5) is 0. The Morgan fingerprint density at radius 1 is 1.42 bits per heavy atom. The summed E-state index contributed by atoms with van der Waals surface area (Å²) >= 11 is 0. The van der Waals surface area contributed by atoms with Gasteiger partial charge in [-0.3, -0.25) is 11.3 Å². The van der Waals surface area contributed by atoms with Crippen molar-refractivity contribution in [1.82, 2.24) is 5.43 Å². The van der Waals surface area contributed by atoms with E-state index in [0.29, 0.717) is 0 Å². The van der Waals surface area contributed by atoms with Crippen LogP contribution in [0.3, 0.4) is 0 Å². The molecule has 0 aliphatic heterocycles. The largest absolute Gasteiger partial charge is 0.387 e. The van der Waals surface area contributed by atoms with Crippen molar-refractivity contribution in [3.05, 3.63) is 35.4 Å². The molecule has 64 valence electrons. The van der Waals surface area contributed by atoms with Gasteiger partial charge >= 0.3 is 0 Å². The predicted molar refractivity (Wildman–Crippen MR) is 46.2 cm³/mol. The van der Waals surface area contributed by atoms with Crippen molar-refractivity contribution in [2.75, 3.05) is 0 Å². The molecule has 0 aromatic heterocycles. The van der Waals surface area contributed by atoms with Crippen molar-refractivity contribution in [3.63, 3.8) is 0 Å². The predicted octanol–water partition coefficient (Wildman–Crippen LogP) is 0.108. The van der Waals surface area contributed by atoms with E-state index >= 15 is 0 Å². The number of fused-ring (bicyclic) bond motifs is 1. The lowest BCUT2D eigenvalue weighted by Crippen LogP contribution is -2.38. The van der Waals surface area contributed by atoms with Crippen LogP contribution in [0.25, 0.3) is 0 Å². The molecule has 1 aromatic rings. The minimum absolute atomic E-state index is 0.0256. The van der Waals surface area contributed by atoms with Crippen LogP contribution in [-0.2, 0) is 6.42 Å². The quantitative estimate of drug-likeness (QED) is 0.408. The maximum Gasteiger partial charge on any atom is 0.0962 e. The molecule has 3 nitrogen and oxygen atoms in total. The summed E-state index contributed by atoms with van der Waals surface area (Å²) in [7, 11) is 0. The van der Waals surface area contributed by atoms with E-state index in [1.165, 1.54) is 5.56 Å². The van der Waals surface area contributed by atoms with Crippen molar-refractivity contribution in [2.45, 2.75) is 18.6 Å². The SMILES string of the molecule is NNC1Cc2ccccc2C1O. The third-order valence-corrected chi connectivity index (χ3v) is 2.41. The Kier molecular flexibility index (Phi) is 1.84. The first-order valence-corrected chi connectivity index (χ1v) is 4.05. The second-order valence-corrected chi connectivity index (χ2v) is 3.12. The summed E-state index contributed by atoms with van der Waals surface area (Å²) in [5.74, 6) is 5.29. The van der Waals surface area contributed by atoms with Gasteiger partial charge in [-0.15, -0.1) is 0 Å². The fourth-order valence-corrected chi connectivity index (χ4v) is 1.72. The average Bonchev–Trinajstić information content (AvgIpc) is 2.44. The Balaban J connectivity index is 2.35. The lowest BCUT2D eigenvalue weighted by atomic mass is 10.1. The Hall–Kier alpha value is -0.900. The highest BCUT2D eigenvalue weighted by molar-refractivity contribution is 5.35. The standard InChI is InChI=1S/C9H12N2O/c10-11-8-5-6-3-1-2-4-7(6)9(8)12/h1-4,8-9,11-12H,5,10H2. The van der Waals surface area contributed by atoms with Crippen LogP contribution in [0.2, 0.25) is 0 Å². The molecule has 0 amide bonds. The summed E-state index contributed by atoms with van der Waals surface area (Å²) in [6.45, 7) is 0. The zero-order valence-electron chi connectivity index (χ0n) is 6.70. The van der Waals surface area contributed by atoms with Crippen molar-refractivity contribution >= 4 is 0 Å². The second kappa shape index (κ2) is 2.86. The zero-order chi connectivity index (χ0) is 8.55. The zero-order valence-corrected chi connectivity index (χ0v) is 6.70. The van der Waals surface area contributed by atoms with Crippen LogP contribution in [0.15, 0.2) is 24.3 Å². The van der Waals surface area contributed by atoms with Gasteiger partial charge in [-0.1, -0.05) is 24.3 Å². The molecule has 2 rings (SSSR count). The first kappa shape index (κ1) is 7.73. The van der Waals surface area contributed by atoms with Crippen LogP contribution in [0.1, 0.15) is 17.2 Å². The third-order valence-electron chi connectivity index (χ3n) is 2.41. The Bertz CT molecular complexity index is 288. The molecule has 12 heavy (non-hydrogen) atoms. The van der Waals surface area contributed by atoms with Crippen molar-refractivity contribution < 1.29 is 5.11 Å². The summed E-state index contributed by atoms with van der Waals surface area (Å²) < 4.78 is 0. The van der Waals surface area contributed by atoms with E-state index in [-0.39, 0.29) is 6.04 Å². The molecule has 0 spiro atoms. The number of nitrogens with one attached hydrogen (secondary N) is 1. The number of hydrogen-bond donors (Lipinski definition) is 3. The maximum absolute atomic E-state index is 9.70. The number of rotatable bonds is 1. The third kappa shape index (κ3) is 1.03. The lowest BCUT2D eigenvalue weighted by molar-refractivity contribution is 0.142. The summed E-state index contributed by atoms with van der Waals surface area (Å²) in [6.07, 6.45) is 0.361. The van der Waals surface area contributed by atoms with E-state index < -0.39 is 6.10 Å². The van der Waals surface area contributed by atoms with Gasteiger partial charge in [0.15, 0.2) is 0 Å². The van der Waals surface area contributed by atoms with Crippen LogP contribution in [0.4, 0.5) is 0 Å². The molecule has 1 aromatic carbocycles. The Morgan fingerprint density at radius 3 is 2.83 bits per heavy atom. The molecule has 1 aliphatic rings. The van der Waals surface area contributed by atoms with Crippen molar-refractivity contribution in [1.29, 1.82) is 0 Å². The van der Waals surface area contributed by atoms with Gasteiger partial charge in [0.1, 0.15) is 0 Å². The van der Waals surface area contributed by atoms with E-state index in [9.17, 15) is 5.11 Å². The first-order valence-electron chi connectivity index (χ1n) is 4.05. The van der Waals surface area contributed by atoms with Gasteiger partial charge in [0.05, 0.1) is 12.1 Å². The molecule has 0 fully saturated rings. The molecule has 4 N–H and O–H groups in total. The molecule has 0 saturated carbocycles. The number of benzene rings is 1. The van der Waals surface area contributed by atoms with Crippen LogP contribution >= 0.6 is 0 Å². The minimum Gasteiger partial charge on any atom is -0.387 e. The molecule has 0 heterocycles. The van der Waals surface area contributed by atoms with E-state index in [2.05, 4.69) is 5.43 Å². The molecule has 3 heteroatoms. The Labute approximate surface area is 71.2 Å². The second-order valence-electron chi connectivity index (χ2n) is 3.12. The molecule has 2 unspecified atom stereocenters. The van der Waals surface area contributed by atoms with Gasteiger partial charge in [0.2, 0.25) is 0 Å². The Morgan fingerprint density at radius 2 is 2.17 bits per heavy atom. The molecule has 0 bridgehead atoms. The highest BCUT2D eigenvalue weighted by Gasteiger charge is 2.29. The molecular formula is C9H12N2O. The molecule has 0 saturated heterocycles. The summed E-state index contributed by atoms with van der Waals surface area (Å²) in [5.41, 5.74) is 4.80. The van der Waals surface area contributed by atoms with Gasteiger partial charge in [-0.2, -0.15) is 0 Å². The first-order chi connectivity index (χ1) is 5.83. The highest BCUT2D eigenvalue weighted by atomic mass is 16.3. The number of aliphatic hydroxyl groups excluding tert-OH is 1. The highest BCUT2D eigenvalue weighted by Crippen LogP contribution is 2.30. The minimum atomic E-state index is -0.453. The fraction of sp³-hybridized carbons (Fsp3) is 0.333. The van der Waals surface area contributed by atoms with E-state index in [4.69, 9.17) is 5.84 Å². The number of aliphatic hydroxyl groups is 1. The van der Waals surface area contributed by atoms with Gasteiger partial charge in [0.25, 0.3) is 0 Å². The number of nitrogens with two attached hydrogens (primary N) is 1. The van der Waals surface area contributed by atoms with Gasteiger partial charge < -0.3 is 5.11 Å². The van der Waals surface area contributed by atoms with Crippen LogP contribution in [-0.4, -0.2) is 11.1 Å². The fourth-order valence-electron chi connectivity index (χ4n) is 1.72. The van der Waals surface area contributed by atoms with Gasteiger partial charge in [0, 0.05) is 0 Å². The molecule has 2 atom stereocenters. The van der Waals surface area contributed by atoms with Gasteiger partial charge in [-0.25, -0.2) is 0 Å². The lowest BCUT2D eigenvalue weighted by Gasteiger charge is -2.12. The van der Waals surface area contributed by atoms with Crippen LogP contribution in [0, 0.1) is 0 Å². The topological polar surface area (TPSA) is 58.3 Å². The summed E-state index contributed by atoms with van der Waals surface area (Å²) in [5, 5.41) is 9.70. The van der Waals surface area contributed by atoms with Crippen molar-refractivity contribution in [3.8, 4) is 0 Å². The van der Waals surface area contributed by atoms with Crippen molar-refractivity contribution in [2.24, 2.45) is 5.84 Å². The molecular weight excluding hydrogens is 152 g/mol. The monoisotopic (exact) mass is 164 g/mol. The molecule has 1 aliphatic carbocycles. The normalized spacial score (nSPS) is 27.2. The molecule has 0 radical (unpaired) electrons.